The first-order valence-corrected chi connectivity index (χ1v) is 12.1. The lowest BCUT2D eigenvalue weighted by Gasteiger charge is -2.10. The van der Waals surface area contributed by atoms with Gasteiger partial charge in [-0.2, -0.15) is 5.26 Å². The number of para-hydroxylation sites is 1. The number of benzene rings is 2. The summed E-state index contributed by atoms with van der Waals surface area (Å²) in [5.74, 6) is -0.905. The normalized spacial score (nSPS) is 10.8. The average molecular weight is 534 g/mol. The van der Waals surface area contributed by atoms with Crippen molar-refractivity contribution in [3.05, 3.63) is 80.6 Å². The summed E-state index contributed by atoms with van der Waals surface area (Å²) in [6, 6.07) is 18.9. The van der Waals surface area contributed by atoms with E-state index >= 15 is 0 Å². The predicted molar refractivity (Wildman–Crippen MR) is 137 cm³/mol. The third-order valence-corrected chi connectivity index (χ3v) is 6.78. The Kier molecular flexibility index (Phi) is 6.77. The molecule has 0 aliphatic carbocycles. The number of fused-ring (bicyclic) bond motifs is 1. The molecule has 0 saturated heterocycles. The molecule has 0 bridgehead atoms. The average Bonchev–Trinajstić information content (AvgIpc) is 3.12. The highest BCUT2D eigenvalue weighted by Gasteiger charge is 2.24. The van der Waals surface area contributed by atoms with Crippen LogP contribution in [0.5, 0.6) is 0 Å². The lowest BCUT2D eigenvalue weighted by molar-refractivity contribution is 0.0383. The van der Waals surface area contributed by atoms with Crippen LogP contribution in [0.1, 0.15) is 45.0 Å². The number of ether oxygens (including phenoxy) is 1. The summed E-state index contributed by atoms with van der Waals surface area (Å²) in [6.45, 7) is 5.19. The van der Waals surface area contributed by atoms with Crippen LogP contribution in [0, 0.1) is 18.3 Å². The van der Waals surface area contributed by atoms with Crippen molar-refractivity contribution in [3.8, 4) is 17.3 Å². The standard InChI is InChI=1S/C26H20BrN3O3S/c1-14(2)33-26(32)23-15(3)20(13-28)25(34-23)30-24(31)19-12-22(16-7-6-8-17(27)11-16)29-21-10-5-4-9-18(19)21/h4-12,14H,1-3H3,(H,30,31). The fraction of sp³-hybridized carbons (Fsp3) is 0.154. The Morgan fingerprint density at radius 3 is 2.62 bits per heavy atom. The molecule has 6 nitrogen and oxygen atoms in total. The zero-order valence-corrected chi connectivity index (χ0v) is 21.1. The Morgan fingerprint density at radius 2 is 1.91 bits per heavy atom. The van der Waals surface area contributed by atoms with E-state index in [4.69, 9.17) is 9.72 Å². The van der Waals surface area contributed by atoms with Gasteiger partial charge in [-0.25, -0.2) is 9.78 Å². The van der Waals surface area contributed by atoms with Gasteiger partial charge in [0.05, 0.1) is 28.4 Å². The third kappa shape index (κ3) is 4.72. The Morgan fingerprint density at radius 1 is 1.15 bits per heavy atom. The molecule has 1 amide bonds. The van der Waals surface area contributed by atoms with Gasteiger partial charge in [-0.1, -0.05) is 46.3 Å². The van der Waals surface area contributed by atoms with E-state index in [1.165, 1.54) is 0 Å². The third-order valence-electron chi connectivity index (χ3n) is 5.09. The molecular formula is C26H20BrN3O3S. The van der Waals surface area contributed by atoms with Crippen molar-refractivity contribution in [3.63, 3.8) is 0 Å². The number of halogens is 1. The van der Waals surface area contributed by atoms with Gasteiger partial charge in [0.1, 0.15) is 15.9 Å². The van der Waals surface area contributed by atoms with Gasteiger partial charge < -0.3 is 10.1 Å². The molecular weight excluding hydrogens is 514 g/mol. The Balaban J connectivity index is 1.77. The monoisotopic (exact) mass is 533 g/mol. The van der Waals surface area contributed by atoms with Gasteiger partial charge in [-0.3, -0.25) is 4.79 Å². The Hall–Kier alpha value is -3.54. The molecule has 0 radical (unpaired) electrons. The molecule has 2 aromatic heterocycles. The minimum absolute atomic E-state index is 0.250. The molecule has 8 heteroatoms. The number of amides is 1. The molecule has 0 aliphatic rings. The van der Waals surface area contributed by atoms with E-state index in [1.54, 1.807) is 26.8 Å². The summed E-state index contributed by atoms with van der Waals surface area (Å²) < 4.78 is 6.19. The minimum Gasteiger partial charge on any atom is -0.459 e. The van der Waals surface area contributed by atoms with Crippen LogP contribution in [0.15, 0.2) is 59.1 Å². The van der Waals surface area contributed by atoms with E-state index in [0.29, 0.717) is 37.6 Å². The first-order valence-electron chi connectivity index (χ1n) is 10.5. The number of pyridine rings is 1. The second kappa shape index (κ2) is 9.75. The summed E-state index contributed by atoms with van der Waals surface area (Å²) >= 11 is 4.52. The Bertz CT molecular complexity index is 1470. The smallest absolute Gasteiger partial charge is 0.348 e. The number of carbonyl (C=O) groups excluding carboxylic acids is 2. The van der Waals surface area contributed by atoms with Crippen molar-refractivity contribution in [2.24, 2.45) is 0 Å². The summed E-state index contributed by atoms with van der Waals surface area (Å²) in [5.41, 5.74) is 3.34. The van der Waals surface area contributed by atoms with Crippen LogP contribution in [0.2, 0.25) is 0 Å². The second-order valence-corrected chi connectivity index (χ2v) is 9.80. The number of esters is 1. The van der Waals surface area contributed by atoms with E-state index in [1.807, 2.05) is 48.5 Å². The van der Waals surface area contributed by atoms with Crippen molar-refractivity contribution in [1.29, 1.82) is 5.26 Å². The molecule has 0 atom stereocenters. The van der Waals surface area contributed by atoms with Crippen molar-refractivity contribution in [1.82, 2.24) is 4.98 Å². The first kappa shape index (κ1) is 23.6. The largest absolute Gasteiger partial charge is 0.459 e. The van der Waals surface area contributed by atoms with Crippen LogP contribution < -0.4 is 5.32 Å². The second-order valence-electron chi connectivity index (χ2n) is 7.86. The summed E-state index contributed by atoms with van der Waals surface area (Å²) in [4.78, 5) is 30.9. The molecule has 2 aromatic carbocycles. The van der Waals surface area contributed by atoms with Crippen LogP contribution >= 0.6 is 27.3 Å². The summed E-state index contributed by atoms with van der Waals surface area (Å²) in [7, 11) is 0. The zero-order valence-electron chi connectivity index (χ0n) is 18.7. The maximum absolute atomic E-state index is 13.4. The van der Waals surface area contributed by atoms with E-state index in [2.05, 4.69) is 27.3 Å². The van der Waals surface area contributed by atoms with Crippen LogP contribution in [0.3, 0.4) is 0 Å². The van der Waals surface area contributed by atoms with Crippen molar-refractivity contribution in [2.45, 2.75) is 26.9 Å². The van der Waals surface area contributed by atoms with E-state index in [-0.39, 0.29) is 11.7 Å². The summed E-state index contributed by atoms with van der Waals surface area (Å²) in [6.07, 6.45) is -0.294. The highest BCUT2D eigenvalue weighted by Crippen LogP contribution is 2.34. The first-order chi connectivity index (χ1) is 16.3. The maximum Gasteiger partial charge on any atom is 0.348 e. The number of hydrogen-bond donors (Lipinski definition) is 1. The molecule has 2 heterocycles. The molecule has 4 aromatic rings. The number of thiophene rings is 1. The topological polar surface area (TPSA) is 92.1 Å². The fourth-order valence-electron chi connectivity index (χ4n) is 3.53. The van der Waals surface area contributed by atoms with Crippen LogP contribution in [0.4, 0.5) is 5.00 Å². The van der Waals surface area contributed by atoms with Crippen LogP contribution in [0.25, 0.3) is 22.2 Å². The predicted octanol–water partition coefficient (Wildman–Crippen LogP) is 6.72. The van der Waals surface area contributed by atoms with Gasteiger partial charge in [0.2, 0.25) is 0 Å². The molecule has 0 fully saturated rings. The molecule has 0 aliphatic heterocycles. The number of nitriles is 1. The summed E-state index contributed by atoms with van der Waals surface area (Å²) in [5, 5.41) is 13.5. The number of rotatable bonds is 5. The number of nitrogens with one attached hydrogen (secondary N) is 1. The number of carbonyl (C=O) groups is 2. The van der Waals surface area contributed by atoms with Crippen LogP contribution in [-0.2, 0) is 4.74 Å². The highest BCUT2D eigenvalue weighted by atomic mass is 79.9. The van der Waals surface area contributed by atoms with Gasteiger partial charge in [0, 0.05) is 15.4 Å². The Labute approximate surface area is 209 Å². The van der Waals surface area contributed by atoms with E-state index in [0.717, 1.165) is 21.4 Å². The van der Waals surface area contributed by atoms with Gasteiger partial charge in [-0.15, -0.1) is 11.3 Å². The lowest BCUT2D eigenvalue weighted by Crippen LogP contribution is -2.13. The van der Waals surface area contributed by atoms with Gasteiger partial charge in [0.25, 0.3) is 5.91 Å². The van der Waals surface area contributed by atoms with Gasteiger partial charge >= 0.3 is 5.97 Å². The van der Waals surface area contributed by atoms with E-state index < -0.39 is 11.9 Å². The van der Waals surface area contributed by atoms with Crippen molar-refractivity contribution in [2.75, 3.05) is 5.32 Å². The fourth-order valence-corrected chi connectivity index (χ4v) is 4.96. The molecule has 0 spiro atoms. The quantitative estimate of drug-likeness (QED) is 0.287. The van der Waals surface area contributed by atoms with Crippen molar-refractivity contribution >= 4 is 55.0 Å². The molecule has 4 rings (SSSR count). The maximum atomic E-state index is 13.4. The number of aromatic nitrogens is 1. The zero-order chi connectivity index (χ0) is 24.4. The molecule has 170 valence electrons. The SMILES string of the molecule is Cc1c(C(=O)OC(C)C)sc(NC(=O)c2cc(-c3cccc(Br)c3)nc3ccccc23)c1C#N. The highest BCUT2D eigenvalue weighted by molar-refractivity contribution is 9.10. The minimum atomic E-state index is -0.513. The van der Waals surface area contributed by atoms with E-state index in [9.17, 15) is 14.9 Å². The van der Waals surface area contributed by atoms with Gasteiger partial charge in [0.15, 0.2) is 0 Å². The lowest BCUT2D eigenvalue weighted by atomic mass is 10.0. The van der Waals surface area contributed by atoms with Gasteiger partial charge in [-0.05, 0) is 50.6 Å². The molecule has 0 unspecified atom stereocenters. The molecule has 34 heavy (non-hydrogen) atoms. The number of nitrogens with zero attached hydrogens (tertiary/aromatic N) is 2. The molecule has 1 N–H and O–H groups in total. The molecule has 0 saturated carbocycles. The number of hydrogen-bond acceptors (Lipinski definition) is 6. The number of anilines is 1. The van der Waals surface area contributed by atoms with Crippen molar-refractivity contribution < 1.29 is 14.3 Å². The van der Waals surface area contributed by atoms with Crippen LogP contribution in [-0.4, -0.2) is 23.0 Å².